The van der Waals surface area contributed by atoms with E-state index in [0.717, 1.165) is 50.9 Å². The number of benzene rings is 4. The second-order valence-corrected chi connectivity index (χ2v) is 8.16. The molecular formula is C28H19F3N2O. The van der Waals surface area contributed by atoms with Crippen LogP contribution in [0.25, 0.3) is 38.6 Å². The van der Waals surface area contributed by atoms with Crippen LogP contribution in [-0.4, -0.2) is 11.7 Å². The lowest BCUT2D eigenvalue weighted by molar-refractivity contribution is -0.137. The Balaban J connectivity index is 1.83. The number of hydrogen-bond donors (Lipinski definition) is 0. The summed E-state index contributed by atoms with van der Waals surface area (Å²) < 4.78 is 46.9. The Morgan fingerprint density at radius 3 is 2.15 bits per heavy atom. The van der Waals surface area contributed by atoms with Gasteiger partial charge in [0.15, 0.2) is 0 Å². The molecule has 5 aromatic rings. The van der Waals surface area contributed by atoms with Crippen molar-refractivity contribution >= 4 is 21.8 Å². The van der Waals surface area contributed by atoms with E-state index in [1.165, 1.54) is 12.1 Å². The molecule has 0 aliphatic carbocycles. The number of aromatic nitrogens is 1. The summed E-state index contributed by atoms with van der Waals surface area (Å²) in [6.45, 7) is 2.03. The number of nitrogens with zero attached hydrogens (tertiary/aromatic N) is 2. The third kappa shape index (κ3) is 3.56. The van der Waals surface area contributed by atoms with Gasteiger partial charge in [-0.2, -0.15) is 18.4 Å². The molecule has 34 heavy (non-hydrogen) atoms. The van der Waals surface area contributed by atoms with Crippen molar-refractivity contribution in [3.8, 4) is 28.6 Å². The Morgan fingerprint density at radius 2 is 1.50 bits per heavy atom. The maximum Gasteiger partial charge on any atom is 0.416 e. The summed E-state index contributed by atoms with van der Waals surface area (Å²) in [5.74, 6) is 0.732. The highest BCUT2D eigenvalue weighted by molar-refractivity contribution is 6.10. The van der Waals surface area contributed by atoms with Gasteiger partial charge in [0.1, 0.15) is 5.75 Å². The second kappa shape index (κ2) is 7.96. The number of hydrogen-bond acceptors (Lipinski definition) is 2. The van der Waals surface area contributed by atoms with Crippen molar-refractivity contribution in [2.45, 2.75) is 13.1 Å². The number of fused-ring (bicyclic) bond motifs is 3. The van der Waals surface area contributed by atoms with Crippen LogP contribution in [-0.2, 0) is 6.18 Å². The molecule has 0 N–H and O–H groups in total. The van der Waals surface area contributed by atoms with Crippen LogP contribution >= 0.6 is 0 Å². The second-order valence-electron chi connectivity index (χ2n) is 8.16. The third-order valence-corrected chi connectivity index (χ3v) is 6.02. The predicted molar refractivity (Wildman–Crippen MR) is 127 cm³/mol. The van der Waals surface area contributed by atoms with Gasteiger partial charge in [0, 0.05) is 16.3 Å². The molecule has 6 heteroatoms. The molecule has 0 fully saturated rings. The first kappa shape index (κ1) is 21.6. The van der Waals surface area contributed by atoms with Crippen molar-refractivity contribution in [3.05, 3.63) is 95.6 Å². The first-order chi connectivity index (χ1) is 16.3. The number of alkyl halides is 3. The lowest BCUT2D eigenvalue weighted by Crippen LogP contribution is -2.04. The van der Waals surface area contributed by atoms with Gasteiger partial charge in [0.2, 0.25) is 0 Å². The molecule has 1 heterocycles. The Morgan fingerprint density at radius 1 is 0.824 bits per heavy atom. The van der Waals surface area contributed by atoms with E-state index in [4.69, 9.17) is 4.74 Å². The Kier molecular flexibility index (Phi) is 5.06. The van der Waals surface area contributed by atoms with Gasteiger partial charge < -0.3 is 9.30 Å². The number of rotatable bonds is 3. The van der Waals surface area contributed by atoms with Crippen molar-refractivity contribution in [1.29, 1.82) is 5.26 Å². The summed E-state index contributed by atoms with van der Waals surface area (Å²) in [5.41, 5.74) is 4.74. The van der Waals surface area contributed by atoms with E-state index in [9.17, 15) is 18.4 Å². The van der Waals surface area contributed by atoms with Crippen LogP contribution < -0.4 is 4.74 Å². The number of aryl methyl sites for hydroxylation is 1. The maximum absolute atomic E-state index is 13.1. The number of halogens is 3. The molecule has 168 valence electrons. The van der Waals surface area contributed by atoms with E-state index in [0.29, 0.717) is 16.7 Å². The fourth-order valence-electron chi connectivity index (χ4n) is 4.37. The molecule has 5 rings (SSSR count). The van der Waals surface area contributed by atoms with Gasteiger partial charge in [-0.1, -0.05) is 23.8 Å². The van der Waals surface area contributed by atoms with Crippen molar-refractivity contribution in [3.63, 3.8) is 0 Å². The summed E-state index contributed by atoms with van der Waals surface area (Å²) in [4.78, 5) is 0. The van der Waals surface area contributed by atoms with E-state index in [1.807, 2.05) is 43.3 Å². The van der Waals surface area contributed by atoms with Gasteiger partial charge in [-0.25, -0.2) is 0 Å². The monoisotopic (exact) mass is 456 g/mol. The fraction of sp³-hybridized carbons (Fsp3) is 0.107. The molecule has 0 atom stereocenters. The van der Waals surface area contributed by atoms with Gasteiger partial charge in [-0.3, -0.25) is 0 Å². The highest BCUT2D eigenvalue weighted by Crippen LogP contribution is 2.39. The highest BCUT2D eigenvalue weighted by atomic mass is 19.4. The van der Waals surface area contributed by atoms with Gasteiger partial charge in [0.25, 0.3) is 0 Å². The lowest BCUT2D eigenvalue weighted by atomic mass is 9.99. The minimum absolute atomic E-state index is 0.428. The molecule has 0 unspecified atom stereocenters. The average Bonchev–Trinajstić information content (AvgIpc) is 3.15. The van der Waals surface area contributed by atoms with E-state index in [1.54, 1.807) is 19.2 Å². The molecule has 0 amide bonds. The van der Waals surface area contributed by atoms with Gasteiger partial charge in [-0.05, 0) is 73.2 Å². The Labute approximate surface area is 194 Å². The predicted octanol–water partition coefficient (Wildman–Crippen LogP) is 7.66. The summed E-state index contributed by atoms with van der Waals surface area (Å²) in [6.07, 6.45) is -4.42. The van der Waals surface area contributed by atoms with Crippen molar-refractivity contribution in [1.82, 2.24) is 4.57 Å². The van der Waals surface area contributed by atoms with E-state index < -0.39 is 11.7 Å². The molecule has 0 bridgehead atoms. The van der Waals surface area contributed by atoms with Crippen LogP contribution in [0.4, 0.5) is 13.2 Å². The van der Waals surface area contributed by atoms with Crippen LogP contribution in [0.5, 0.6) is 5.75 Å². The molecular weight excluding hydrogens is 437 g/mol. The van der Waals surface area contributed by atoms with Gasteiger partial charge in [-0.15, -0.1) is 0 Å². The minimum Gasteiger partial charge on any atom is -0.497 e. The van der Waals surface area contributed by atoms with E-state index in [-0.39, 0.29) is 0 Å². The van der Waals surface area contributed by atoms with Gasteiger partial charge >= 0.3 is 6.18 Å². The first-order valence-electron chi connectivity index (χ1n) is 10.6. The zero-order chi connectivity index (χ0) is 24.0. The average molecular weight is 456 g/mol. The SMILES string of the molecule is COc1ccc2c(c1)c1cc(C)ccc1n2-c1ccc(C#N)cc1-c1ccc(C(F)(F)F)cc1. The van der Waals surface area contributed by atoms with Crippen molar-refractivity contribution < 1.29 is 17.9 Å². The molecule has 1 aromatic heterocycles. The molecule has 4 aromatic carbocycles. The molecule has 0 saturated carbocycles. The molecule has 0 aliphatic heterocycles. The van der Waals surface area contributed by atoms with Gasteiger partial charge in [0.05, 0.1) is 41.0 Å². The zero-order valence-corrected chi connectivity index (χ0v) is 18.4. The third-order valence-electron chi connectivity index (χ3n) is 6.02. The number of methoxy groups -OCH3 is 1. The number of nitriles is 1. The normalized spacial score (nSPS) is 11.6. The highest BCUT2D eigenvalue weighted by Gasteiger charge is 2.30. The van der Waals surface area contributed by atoms with Crippen LogP contribution in [0.3, 0.4) is 0 Å². The van der Waals surface area contributed by atoms with Crippen LogP contribution in [0, 0.1) is 18.3 Å². The first-order valence-corrected chi connectivity index (χ1v) is 10.6. The summed E-state index contributed by atoms with van der Waals surface area (Å²) in [6, 6.07) is 24.4. The summed E-state index contributed by atoms with van der Waals surface area (Å²) in [5, 5.41) is 11.5. The molecule has 3 nitrogen and oxygen atoms in total. The molecule has 0 aliphatic rings. The standard InChI is InChI=1S/C28H19F3N2O/c1-17-3-10-26-23(13-17)24-15-21(34-2)9-12-27(24)33(26)25-11-4-18(16-32)14-22(25)19-5-7-20(8-6-19)28(29,30)31/h3-15H,1-2H3. The van der Waals surface area contributed by atoms with Crippen LogP contribution in [0.1, 0.15) is 16.7 Å². The quantitative estimate of drug-likeness (QED) is 0.280. The van der Waals surface area contributed by atoms with Crippen LogP contribution in [0.2, 0.25) is 0 Å². The van der Waals surface area contributed by atoms with Crippen molar-refractivity contribution in [2.75, 3.05) is 7.11 Å². The topological polar surface area (TPSA) is 38.0 Å². The molecule has 0 spiro atoms. The number of ether oxygens (including phenoxy) is 1. The van der Waals surface area contributed by atoms with E-state index >= 15 is 0 Å². The lowest BCUT2D eigenvalue weighted by Gasteiger charge is -2.15. The smallest absolute Gasteiger partial charge is 0.416 e. The summed E-state index contributed by atoms with van der Waals surface area (Å²) >= 11 is 0. The molecule has 0 saturated heterocycles. The Hall–Kier alpha value is -4.24. The zero-order valence-electron chi connectivity index (χ0n) is 18.4. The fourth-order valence-corrected chi connectivity index (χ4v) is 4.37. The Bertz CT molecular complexity index is 1590. The maximum atomic E-state index is 13.1. The van der Waals surface area contributed by atoms with E-state index in [2.05, 4.69) is 16.7 Å². The molecule has 0 radical (unpaired) electrons. The largest absolute Gasteiger partial charge is 0.497 e. The van der Waals surface area contributed by atoms with Crippen molar-refractivity contribution in [2.24, 2.45) is 0 Å². The summed E-state index contributed by atoms with van der Waals surface area (Å²) in [7, 11) is 1.62. The van der Waals surface area contributed by atoms with Crippen LogP contribution in [0.15, 0.2) is 78.9 Å². The minimum atomic E-state index is -4.42.